The molecule has 0 saturated heterocycles. The molecule has 8 nitrogen and oxygen atoms in total. The number of phenols is 1. The highest BCUT2D eigenvalue weighted by Crippen LogP contribution is 2.44. The Labute approximate surface area is 247 Å². The van der Waals surface area contributed by atoms with Crippen LogP contribution in [0.4, 0.5) is 0 Å². The number of aromatic hydroxyl groups is 1. The summed E-state index contributed by atoms with van der Waals surface area (Å²) in [6.45, 7) is 1.15. The van der Waals surface area contributed by atoms with Crippen molar-refractivity contribution < 1.29 is 33.3 Å². The van der Waals surface area contributed by atoms with Crippen LogP contribution in [0, 0.1) is 0 Å². The van der Waals surface area contributed by atoms with E-state index in [9.17, 15) is 14.7 Å². The maximum atomic E-state index is 13.6. The lowest BCUT2D eigenvalue weighted by Gasteiger charge is -2.26. The highest BCUT2D eigenvalue weighted by atomic mass is 16.5. The Balaban J connectivity index is 1.22. The number of hydrogen-bond donors (Lipinski definition) is 1. The third-order valence-electron chi connectivity index (χ3n) is 8.05. The van der Waals surface area contributed by atoms with Gasteiger partial charge in [-0.1, -0.05) is 30.3 Å². The van der Waals surface area contributed by atoms with E-state index in [1.165, 1.54) is 24.0 Å². The van der Waals surface area contributed by atoms with Gasteiger partial charge in [0.1, 0.15) is 29.1 Å². The molecule has 5 aromatic rings. The van der Waals surface area contributed by atoms with Crippen LogP contribution in [0.3, 0.4) is 0 Å². The molecule has 2 aliphatic heterocycles. The second kappa shape index (κ2) is 10.9. The van der Waals surface area contributed by atoms with Gasteiger partial charge in [0.05, 0.1) is 37.7 Å². The van der Waals surface area contributed by atoms with Crippen LogP contribution >= 0.6 is 0 Å². The van der Waals surface area contributed by atoms with E-state index < -0.39 is 5.92 Å². The summed E-state index contributed by atoms with van der Waals surface area (Å²) in [7, 11) is 1.59. The largest absolute Gasteiger partial charge is 0.508 e. The van der Waals surface area contributed by atoms with Crippen LogP contribution in [-0.2, 0) is 17.6 Å². The Hall–Kier alpha value is -5.24. The summed E-state index contributed by atoms with van der Waals surface area (Å²) in [5, 5.41) is 10.0. The van der Waals surface area contributed by atoms with E-state index in [1.807, 2.05) is 24.3 Å². The van der Waals surface area contributed by atoms with Crippen LogP contribution < -0.4 is 24.4 Å². The third-order valence-corrected chi connectivity index (χ3v) is 8.05. The molecule has 0 fully saturated rings. The Morgan fingerprint density at radius 1 is 0.930 bits per heavy atom. The minimum absolute atomic E-state index is 0.0680. The lowest BCUT2D eigenvalue weighted by molar-refractivity contribution is -0.135. The molecule has 0 spiro atoms. The summed E-state index contributed by atoms with van der Waals surface area (Å²) in [4.78, 5) is 26.3. The minimum atomic E-state index is -0.437. The SMILES string of the molecule is COc1ccc([C@H]2CC(=O)Oc3ccc4c(=O)c(-c5ccc(O)cc5)coc4c32)cc1OCCc1ccc2c(c1)CCO2. The number of rotatable bonds is 7. The molecule has 1 N–H and O–H groups in total. The molecular formula is C35H28O8. The number of ether oxygens (including phenoxy) is 4. The lowest BCUT2D eigenvalue weighted by atomic mass is 9.85. The van der Waals surface area contributed by atoms with Crippen LogP contribution in [0.1, 0.15) is 34.6 Å². The molecule has 3 heterocycles. The standard InChI is InChI=1S/C35H28O8/c1-39-29-10-5-22(17-31(29)41-14-12-20-2-9-28-23(16-20)13-15-40-28)26-18-32(37)43-30-11-8-25-34(38)27(19-42-35(25)33(26)30)21-3-6-24(36)7-4-21/h2-11,16-17,19,26,36H,12-15,18H2,1H3/t26-/m1/s1. The Morgan fingerprint density at radius 3 is 2.60 bits per heavy atom. The van der Waals surface area contributed by atoms with E-state index >= 15 is 0 Å². The summed E-state index contributed by atoms with van der Waals surface area (Å²) < 4.78 is 29.1. The summed E-state index contributed by atoms with van der Waals surface area (Å²) in [6, 6.07) is 21.4. The summed E-state index contributed by atoms with van der Waals surface area (Å²) >= 11 is 0. The van der Waals surface area contributed by atoms with Crippen molar-refractivity contribution in [3.8, 4) is 39.9 Å². The smallest absolute Gasteiger partial charge is 0.312 e. The number of esters is 1. The first-order valence-corrected chi connectivity index (χ1v) is 14.1. The van der Waals surface area contributed by atoms with E-state index in [0.29, 0.717) is 57.9 Å². The first kappa shape index (κ1) is 26.6. The molecule has 0 amide bonds. The van der Waals surface area contributed by atoms with Gasteiger partial charge in [0.2, 0.25) is 5.43 Å². The number of carbonyl (C=O) groups is 1. The second-order valence-corrected chi connectivity index (χ2v) is 10.7. The van der Waals surface area contributed by atoms with Crippen LogP contribution in [0.5, 0.6) is 28.7 Å². The minimum Gasteiger partial charge on any atom is -0.508 e. The van der Waals surface area contributed by atoms with E-state index in [-0.39, 0.29) is 23.6 Å². The molecule has 8 heteroatoms. The Bertz CT molecular complexity index is 1920. The molecular weight excluding hydrogens is 548 g/mol. The fourth-order valence-electron chi connectivity index (χ4n) is 5.88. The van der Waals surface area contributed by atoms with E-state index in [1.54, 1.807) is 31.4 Å². The molecule has 1 atom stereocenters. The van der Waals surface area contributed by atoms with Crippen LogP contribution in [0.15, 0.2) is 88.3 Å². The van der Waals surface area contributed by atoms with E-state index in [4.69, 9.17) is 23.4 Å². The fraction of sp³-hybridized carbons (Fsp3) is 0.200. The summed E-state index contributed by atoms with van der Waals surface area (Å²) in [5.74, 6) is 1.73. The van der Waals surface area contributed by atoms with Crippen molar-refractivity contribution >= 4 is 16.9 Å². The topological polar surface area (TPSA) is 104 Å². The van der Waals surface area contributed by atoms with Crippen molar-refractivity contribution in [3.63, 3.8) is 0 Å². The van der Waals surface area contributed by atoms with Gasteiger partial charge in [0.25, 0.3) is 0 Å². The molecule has 0 saturated carbocycles. The van der Waals surface area contributed by atoms with Gasteiger partial charge in [0, 0.05) is 24.3 Å². The average molecular weight is 577 g/mol. The number of phenolic OH excluding ortho intramolecular Hbond substituents is 1. The average Bonchev–Trinajstić information content (AvgIpc) is 3.49. The van der Waals surface area contributed by atoms with Crippen molar-refractivity contribution in [2.24, 2.45) is 0 Å². The predicted octanol–water partition coefficient (Wildman–Crippen LogP) is 6.17. The van der Waals surface area contributed by atoms with E-state index in [2.05, 4.69) is 12.1 Å². The molecule has 0 unspecified atom stereocenters. The van der Waals surface area contributed by atoms with Gasteiger partial charge in [-0.2, -0.15) is 0 Å². The zero-order chi connectivity index (χ0) is 29.5. The molecule has 4 aromatic carbocycles. The highest BCUT2D eigenvalue weighted by Gasteiger charge is 2.33. The second-order valence-electron chi connectivity index (χ2n) is 10.7. The summed E-state index contributed by atoms with van der Waals surface area (Å²) in [6.07, 6.45) is 3.10. The number of hydrogen-bond acceptors (Lipinski definition) is 8. The number of fused-ring (bicyclic) bond motifs is 4. The van der Waals surface area contributed by atoms with Crippen molar-refractivity contribution in [2.75, 3.05) is 20.3 Å². The fourth-order valence-corrected chi connectivity index (χ4v) is 5.88. The van der Waals surface area contributed by atoms with Gasteiger partial charge in [-0.3, -0.25) is 9.59 Å². The maximum absolute atomic E-state index is 13.6. The van der Waals surface area contributed by atoms with Gasteiger partial charge >= 0.3 is 5.97 Å². The van der Waals surface area contributed by atoms with Crippen molar-refractivity contribution in [1.29, 1.82) is 0 Å². The molecule has 0 radical (unpaired) electrons. The van der Waals surface area contributed by atoms with Crippen molar-refractivity contribution in [2.45, 2.75) is 25.2 Å². The molecule has 7 rings (SSSR count). The molecule has 2 aliphatic rings. The van der Waals surface area contributed by atoms with Crippen LogP contribution in [0.25, 0.3) is 22.1 Å². The predicted molar refractivity (Wildman–Crippen MR) is 160 cm³/mol. The number of carbonyl (C=O) groups excluding carboxylic acids is 1. The maximum Gasteiger partial charge on any atom is 0.312 e. The van der Waals surface area contributed by atoms with Gasteiger partial charge in [-0.05, 0) is 64.7 Å². The third kappa shape index (κ3) is 4.95. The van der Waals surface area contributed by atoms with E-state index in [0.717, 1.165) is 29.9 Å². The number of benzene rings is 4. The van der Waals surface area contributed by atoms with Crippen LogP contribution in [0.2, 0.25) is 0 Å². The molecule has 43 heavy (non-hydrogen) atoms. The zero-order valence-corrected chi connectivity index (χ0v) is 23.4. The first-order valence-electron chi connectivity index (χ1n) is 14.1. The molecule has 0 bridgehead atoms. The quantitative estimate of drug-likeness (QED) is 0.181. The normalized spacial score (nSPS) is 15.4. The van der Waals surface area contributed by atoms with Crippen molar-refractivity contribution in [1.82, 2.24) is 0 Å². The molecule has 0 aliphatic carbocycles. The van der Waals surface area contributed by atoms with Gasteiger partial charge in [-0.15, -0.1) is 0 Å². The van der Waals surface area contributed by atoms with Crippen molar-refractivity contribution in [3.05, 3.63) is 112 Å². The summed E-state index contributed by atoms with van der Waals surface area (Å²) in [5.41, 5.74) is 4.95. The van der Waals surface area contributed by atoms with Gasteiger partial charge in [-0.25, -0.2) is 0 Å². The molecule has 216 valence electrons. The van der Waals surface area contributed by atoms with Gasteiger partial charge in [0.15, 0.2) is 11.5 Å². The van der Waals surface area contributed by atoms with Crippen LogP contribution in [-0.4, -0.2) is 31.4 Å². The first-order chi connectivity index (χ1) is 21.0. The Kier molecular flexibility index (Phi) is 6.74. The highest BCUT2D eigenvalue weighted by molar-refractivity contribution is 5.90. The Morgan fingerprint density at radius 2 is 1.77 bits per heavy atom. The number of methoxy groups -OCH3 is 1. The monoisotopic (exact) mass is 576 g/mol. The van der Waals surface area contributed by atoms with Gasteiger partial charge < -0.3 is 28.5 Å². The zero-order valence-electron chi connectivity index (χ0n) is 23.4. The lowest BCUT2D eigenvalue weighted by Crippen LogP contribution is -2.22. The molecule has 1 aromatic heterocycles.